The van der Waals surface area contributed by atoms with E-state index in [9.17, 15) is 39.6 Å². The van der Waals surface area contributed by atoms with Gasteiger partial charge in [0.1, 0.15) is 34.5 Å². The average Bonchev–Trinajstić information content (AvgIpc) is 3.00. The van der Waals surface area contributed by atoms with Gasteiger partial charge in [-0.1, -0.05) is 26.0 Å². The number of aromatic hydroxyl groups is 4. The number of phenolic OH excluding ortho intramolecular Hbond substituents is 4. The van der Waals surface area contributed by atoms with Crippen LogP contribution in [-0.2, 0) is 0 Å². The number of phenols is 4. The van der Waals surface area contributed by atoms with Crippen molar-refractivity contribution in [3.63, 3.8) is 0 Å². The number of carbonyl (C=O) groups is 4. The summed E-state index contributed by atoms with van der Waals surface area (Å²) < 4.78 is 11.5. The third-order valence-electron chi connectivity index (χ3n) is 8.43. The minimum absolute atomic E-state index is 0.0153. The normalized spacial score (nSPS) is 13.5. The lowest BCUT2D eigenvalue weighted by molar-refractivity contribution is 0.0972. The van der Waals surface area contributed by atoms with Gasteiger partial charge in [-0.25, -0.2) is 0 Å². The van der Waals surface area contributed by atoms with Crippen LogP contribution in [0.5, 0.6) is 34.5 Å². The van der Waals surface area contributed by atoms with Crippen LogP contribution >= 0.6 is 0 Å². The topological polar surface area (TPSA) is 168 Å². The Morgan fingerprint density at radius 3 is 1.55 bits per heavy atom. The van der Waals surface area contributed by atoms with Crippen LogP contribution < -0.4 is 9.47 Å². The Morgan fingerprint density at radius 2 is 1.06 bits per heavy atom. The third-order valence-corrected chi connectivity index (χ3v) is 8.43. The van der Waals surface area contributed by atoms with Crippen LogP contribution in [0.4, 0.5) is 0 Å². The summed E-state index contributed by atoms with van der Waals surface area (Å²) in [6.45, 7) is 7.01. The van der Waals surface area contributed by atoms with Crippen LogP contribution in [0.2, 0.25) is 0 Å². The Labute approximate surface area is 269 Å². The first-order chi connectivity index (χ1) is 22.2. The van der Waals surface area contributed by atoms with E-state index in [1.54, 1.807) is 19.9 Å². The van der Waals surface area contributed by atoms with E-state index >= 15 is 0 Å². The largest absolute Gasteiger partial charge is 0.507 e. The zero-order chi connectivity index (χ0) is 34.2. The predicted molar refractivity (Wildman–Crippen MR) is 172 cm³/mol. The number of methoxy groups -OCH3 is 2. The van der Waals surface area contributed by atoms with Crippen LogP contribution in [0.1, 0.15) is 94.2 Å². The van der Waals surface area contributed by atoms with Gasteiger partial charge in [0.2, 0.25) is 11.6 Å². The molecule has 0 aromatic heterocycles. The van der Waals surface area contributed by atoms with Crippen LogP contribution in [0.15, 0.2) is 36.4 Å². The fraction of sp³-hybridized carbons (Fsp3) is 0.189. The first kappa shape index (κ1) is 31.1. The van der Waals surface area contributed by atoms with Crippen LogP contribution in [0, 0.1) is 19.8 Å². The number of allylic oxidation sites excluding steroid dienone is 1. The summed E-state index contributed by atoms with van der Waals surface area (Å²) in [5.74, 6) is -5.68. The molecule has 0 aliphatic heterocycles. The van der Waals surface area contributed by atoms with Gasteiger partial charge in [0.15, 0.2) is 11.6 Å². The van der Waals surface area contributed by atoms with Gasteiger partial charge >= 0.3 is 0 Å². The summed E-state index contributed by atoms with van der Waals surface area (Å²) in [6.07, 6.45) is 3.23. The number of aryl methyl sites for hydroxylation is 2. The maximum absolute atomic E-state index is 14.5. The molecule has 238 valence electrons. The van der Waals surface area contributed by atoms with E-state index in [-0.39, 0.29) is 67.5 Å². The van der Waals surface area contributed by atoms with E-state index in [0.717, 1.165) is 6.07 Å². The van der Waals surface area contributed by atoms with Crippen molar-refractivity contribution < 1.29 is 49.1 Å². The summed E-state index contributed by atoms with van der Waals surface area (Å²) in [7, 11) is 2.53. The molecule has 4 aromatic carbocycles. The van der Waals surface area contributed by atoms with Crippen molar-refractivity contribution in [1.29, 1.82) is 0 Å². The Bertz CT molecular complexity index is 2170. The second kappa shape index (κ2) is 10.9. The van der Waals surface area contributed by atoms with Gasteiger partial charge < -0.3 is 29.9 Å². The van der Waals surface area contributed by atoms with E-state index in [4.69, 9.17) is 9.47 Å². The van der Waals surface area contributed by atoms with Crippen molar-refractivity contribution in [2.24, 2.45) is 5.92 Å². The molecule has 0 bridgehead atoms. The van der Waals surface area contributed by atoms with Crippen LogP contribution in [-0.4, -0.2) is 57.8 Å². The van der Waals surface area contributed by atoms with E-state index in [1.807, 2.05) is 13.8 Å². The second-order valence-corrected chi connectivity index (χ2v) is 12.0. The molecule has 0 saturated carbocycles. The highest BCUT2D eigenvalue weighted by molar-refractivity contribution is 6.36. The number of hydrogen-bond donors (Lipinski definition) is 4. The Hall–Kier alpha value is -5.90. The predicted octanol–water partition coefficient (Wildman–Crippen LogP) is 6.03. The van der Waals surface area contributed by atoms with Crippen molar-refractivity contribution in [1.82, 2.24) is 0 Å². The van der Waals surface area contributed by atoms with Gasteiger partial charge in [-0.05, 0) is 55.2 Å². The molecular weight excluding hydrogens is 604 g/mol. The van der Waals surface area contributed by atoms with Gasteiger partial charge in [-0.15, -0.1) is 0 Å². The van der Waals surface area contributed by atoms with Gasteiger partial charge in [0.05, 0.1) is 42.0 Å². The average molecular weight is 635 g/mol. The number of carbonyl (C=O) groups excluding carboxylic acids is 4. The number of hydrogen-bond acceptors (Lipinski definition) is 10. The molecule has 10 nitrogen and oxygen atoms in total. The second-order valence-electron chi connectivity index (χ2n) is 12.0. The molecule has 47 heavy (non-hydrogen) atoms. The molecule has 0 atom stereocenters. The van der Waals surface area contributed by atoms with Crippen molar-refractivity contribution >= 4 is 29.2 Å². The number of fused-ring (bicyclic) bond motifs is 4. The molecule has 0 saturated heterocycles. The Kier molecular flexibility index (Phi) is 7.19. The molecule has 4 N–H and O–H groups in total. The van der Waals surface area contributed by atoms with E-state index in [0.29, 0.717) is 11.1 Å². The minimum Gasteiger partial charge on any atom is -0.507 e. The molecule has 0 fully saturated rings. The summed E-state index contributed by atoms with van der Waals surface area (Å²) >= 11 is 0. The quantitative estimate of drug-likeness (QED) is 0.176. The molecule has 2 aliphatic rings. The number of benzene rings is 4. The van der Waals surface area contributed by atoms with Crippen molar-refractivity contribution in [3.05, 3.63) is 97.6 Å². The third kappa shape index (κ3) is 4.39. The molecule has 10 heteroatoms. The maximum Gasteiger partial charge on any atom is 0.202 e. The highest BCUT2D eigenvalue weighted by Crippen LogP contribution is 2.54. The Balaban J connectivity index is 1.85. The number of ether oxygens (including phenoxy) is 2. The van der Waals surface area contributed by atoms with Gasteiger partial charge in [0, 0.05) is 39.4 Å². The monoisotopic (exact) mass is 634 g/mol. The van der Waals surface area contributed by atoms with Crippen molar-refractivity contribution in [2.75, 3.05) is 14.2 Å². The lowest BCUT2D eigenvalue weighted by Gasteiger charge is -2.29. The number of rotatable bonds is 5. The molecule has 0 spiro atoms. The Morgan fingerprint density at radius 1 is 0.574 bits per heavy atom. The fourth-order valence-corrected chi connectivity index (χ4v) is 6.48. The van der Waals surface area contributed by atoms with E-state index < -0.39 is 57.3 Å². The highest BCUT2D eigenvalue weighted by atomic mass is 16.5. The fourth-order valence-electron chi connectivity index (χ4n) is 6.48. The summed E-state index contributed by atoms with van der Waals surface area (Å²) in [5, 5.41) is 44.3. The van der Waals surface area contributed by atoms with Crippen LogP contribution in [0.3, 0.4) is 0 Å². The first-order valence-corrected chi connectivity index (χ1v) is 14.7. The maximum atomic E-state index is 14.5. The molecule has 4 aromatic rings. The van der Waals surface area contributed by atoms with Crippen molar-refractivity contribution in [2.45, 2.75) is 27.7 Å². The highest BCUT2D eigenvalue weighted by Gasteiger charge is 2.44. The lowest BCUT2D eigenvalue weighted by atomic mass is 9.74. The molecule has 0 radical (unpaired) electrons. The molecule has 2 aliphatic carbocycles. The summed E-state index contributed by atoms with van der Waals surface area (Å²) in [5.41, 5.74) is -1.87. The van der Waals surface area contributed by atoms with Gasteiger partial charge in [0.25, 0.3) is 0 Å². The smallest absolute Gasteiger partial charge is 0.202 e. The summed E-state index contributed by atoms with van der Waals surface area (Å²) in [6, 6.07) is 6.60. The zero-order valence-corrected chi connectivity index (χ0v) is 26.4. The number of ketones is 4. The lowest BCUT2D eigenvalue weighted by Crippen LogP contribution is -2.26. The van der Waals surface area contributed by atoms with Crippen LogP contribution in [0.25, 0.3) is 17.2 Å². The molecular formula is C37H30O10. The summed E-state index contributed by atoms with van der Waals surface area (Å²) in [4.78, 5) is 57.0. The molecule has 0 heterocycles. The SMILES string of the molecule is COc1cc(O)c2c(c1-c1c(OC)c(C=CC(C)C)c(O)c3c1C(=O)c1cc(C)cc(O)c1C3=O)C(=O)c1cc(C)cc(O)c1C2=O. The zero-order valence-electron chi connectivity index (χ0n) is 26.4. The van der Waals surface area contributed by atoms with Gasteiger partial charge in [-0.2, -0.15) is 0 Å². The standard InChI is InChI=1S/C37H30O10/c1-14(2)7-8-17-32(41)31-29(34(43)19-10-16(4)12-21(39)25(19)36(31)45)30(37(17)47-6)27-23(46-5)13-22(40)26-28(27)33(42)18-9-15(3)11-20(38)24(18)35(26)44/h7-14,38-41H,1-6H3. The van der Waals surface area contributed by atoms with Crippen molar-refractivity contribution in [3.8, 4) is 45.6 Å². The molecule has 0 amide bonds. The van der Waals surface area contributed by atoms with E-state index in [1.165, 1.54) is 44.6 Å². The molecule has 0 unspecified atom stereocenters. The van der Waals surface area contributed by atoms with E-state index in [2.05, 4.69) is 0 Å². The minimum atomic E-state index is -0.854. The first-order valence-electron chi connectivity index (χ1n) is 14.7. The van der Waals surface area contributed by atoms with Gasteiger partial charge in [-0.3, -0.25) is 19.2 Å². The molecule has 6 rings (SSSR count).